The van der Waals surface area contributed by atoms with Crippen LogP contribution in [0.1, 0.15) is 19.3 Å². The van der Waals surface area contributed by atoms with Crippen LogP contribution in [0.5, 0.6) is 0 Å². The van der Waals surface area contributed by atoms with Crippen LogP contribution in [0.25, 0.3) is 0 Å². The van der Waals surface area contributed by atoms with Gasteiger partial charge in [-0.2, -0.15) is 0 Å². The van der Waals surface area contributed by atoms with Gasteiger partial charge in [-0.3, -0.25) is 14.5 Å². The van der Waals surface area contributed by atoms with E-state index in [2.05, 4.69) is 6.58 Å². The Morgan fingerprint density at radius 3 is 2.95 bits per heavy atom. The maximum absolute atomic E-state index is 12.0. The highest BCUT2D eigenvalue weighted by Gasteiger charge is 2.25. The van der Waals surface area contributed by atoms with Crippen molar-refractivity contribution in [2.24, 2.45) is 0 Å². The second-order valence-electron chi connectivity index (χ2n) is 5.10. The molecule has 1 unspecified atom stereocenters. The summed E-state index contributed by atoms with van der Waals surface area (Å²) in [4.78, 5) is 26.1. The molecule has 1 fully saturated rings. The van der Waals surface area contributed by atoms with Crippen molar-refractivity contribution in [1.82, 2.24) is 9.80 Å². The summed E-state index contributed by atoms with van der Waals surface area (Å²) >= 11 is 0. The number of amides is 1. The number of hydrogen-bond donors (Lipinski definition) is 1. The predicted octanol–water partition coefficient (Wildman–Crippen LogP) is 0.587. The van der Waals surface area contributed by atoms with Crippen LogP contribution in [0.3, 0.4) is 0 Å². The van der Waals surface area contributed by atoms with E-state index in [1.807, 2.05) is 11.0 Å². The number of unbranched alkanes of at least 4 members (excludes halogenated alkanes) is 1. The average Bonchev–Trinajstić information content (AvgIpc) is 2.38. The van der Waals surface area contributed by atoms with Crippen LogP contribution in [0.15, 0.2) is 12.7 Å². The minimum absolute atomic E-state index is 0.0207. The first-order valence-corrected chi connectivity index (χ1v) is 6.93. The molecule has 1 aliphatic heterocycles. The second kappa shape index (κ2) is 8.71. The third-order valence-corrected chi connectivity index (χ3v) is 3.21. The molecule has 1 N–H and O–H groups in total. The lowest BCUT2D eigenvalue weighted by molar-refractivity contribution is -0.142. The van der Waals surface area contributed by atoms with Gasteiger partial charge in [0.2, 0.25) is 5.91 Å². The summed E-state index contributed by atoms with van der Waals surface area (Å²) in [6.07, 6.45) is 3.90. The molecule has 6 heteroatoms. The SMILES string of the molecule is C=CCCCC(=O)N1CCOC(CN(C)CC(=O)O)C1. The number of carbonyl (C=O) groups excluding carboxylic acids is 1. The molecule has 6 nitrogen and oxygen atoms in total. The highest BCUT2D eigenvalue weighted by molar-refractivity contribution is 5.76. The van der Waals surface area contributed by atoms with E-state index in [0.29, 0.717) is 32.7 Å². The lowest BCUT2D eigenvalue weighted by atomic mass is 10.2. The minimum Gasteiger partial charge on any atom is -0.480 e. The molecular formula is C14H24N2O4. The van der Waals surface area contributed by atoms with Crippen LogP contribution in [0, 0.1) is 0 Å². The van der Waals surface area contributed by atoms with E-state index < -0.39 is 5.97 Å². The molecule has 20 heavy (non-hydrogen) atoms. The van der Waals surface area contributed by atoms with Crippen molar-refractivity contribution in [1.29, 1.82) is 0 Å². The fourth-order valence-electron chi connectivity index (χ4n) is 2.26. The van der Waals surface area contributed by atoms with Gasteiger partial charge in [0.05, 0.1) is 19.3 Å². The summed E-state index contributed by atoms with van der Waals surface area (Å²) in [7, 11) is 1.74. The summed E-state index contributed by atoms with van der Waals surface area (Å²) in [5.41, 5.74) is 0. The number of morpholine rings is 1. The van der Waals surface area contributed by atoms with Gasteiger partial charge in [0.25, 0.3) is 0 Å². The molecule has 1 rings (SSSR count). The average molecular weight is 284 g/mol. The molecule has 0 spiro atoms. The number of carbonyl (C=O) groups is 2. The first-order valence-electron chi connectivity index (χ1n) is 6.93. The smallest absolute Gasteiger partial charge is 0.317 e. The maximum Gasteiger partial charge on any atom is 0.317 e. The molecule has 0 aromatic carbocycles. The highest BCUT2D eigenvalue weighted by Crippen LogP contribution is 2.10. The van der Waals surface area contributed by atoms with Crippen LogP contribution in [0.4, 0.5) is 0 Å². The summed E-state index contributed by atoms with van der Waals surface area (Å²) in [5, 5.41) is 8.72. The van der Waals surface area contributed by atoms with Crippen LogP contribution in [-0.4, -0.2) is 72.7 Å². The number of carboxylic acids is 1. The number of carboxylic acid groups (broad SMARTS) is 1. The zero-order valence-corrected chi connectivity index (χ0v) is 12.1. The van der Waals surface area contributed by atoms with Crippen LogP contribution in [-0.2, 0) is 14.3 Å². The number of rotatable bonds is 8. The van der Waals surface area contributed by atoms with Crippen molar-refractivity contribution < 1.29 is 19.4 Å². The monoisotopic (exact) mass is 284 g/mol. The molecule has 1 atom stereocenters. The van der Waals surface area contributed by atoms with Crippen molar-refractivity contribution in [3.63, 3.8) is 0 Å². The van der Waals surface area contributed by atoms with E-state index in [-0.39, 0.29) is 18.6 Å². The molecule has 0 radical (unpaired) electrons. The van der Waals surface area contributed by atoms with Gasteiger partial charge in [0.1, 0.15) is 0 Å². The molecule has 1 amide bonds. The Labute approximate surface area is 120 Å². The number of allylic oxidation sites excluding steroid dienone is 1. The number of likely N-dealkylation sites (N-methyl/N-ethyl adjacent to an activating group) is 1. The van der Waals surface area contributed by atoms with E-state index in [4.69, 9.17) is 9.84 Å². The van der Waals surface area contributed by atoms with E-state index in [0.717, 1.165) is 12.8 Å². The molecule has 1 aliphatic rings. The van der Waals surface area contributed by atoms with Crippen molar-refractivity contribution in [3.8, 4) is 0 Å². The van der Waals surface area contributed by atoms with Gasteiger partial charge in [0, 0.05) is 26.1 Å². The zero-order valence-electron chi connectivity index (χ0n) is 12.1. The molecule has 0 saturated carbocycles. The molecule has 1 saturated heterocycles. The summed E-state index contributed by atoms with van der Waals surface area (Å²) in [6, 6.07) is 0. The molecule has 0 bridgehead atoms. The lowest BCUT2D eigenvalue weighted by Gasteiger charge is -2.34. The Hall–Kier alpha value is -1.40. The number of aliphatic carboxylic acids is 1. The van der Waals surface area contributed by atoms with E-state index >= 15 is 0 Å². The maximum atomic E-state index is 12.0. The van der Waals surface area contributed by atoms with Crippen LogP contribution < -0.4 is 0 Å². The Bertz CT molecular complexity index is 346. The normalized spacial score (nSPS) is 19.1. The lowest BCUT2D eigenvalue weighted by Crippen LogP contribution is -2.49. The van der Waals surface area contributed by atoms with Crippen molar-refractivity contribution >= 4 is 11.9 Å². The predicted molar refractivity (Wildman–Crippen MR) is 75.5 cm³/mol. The van der Waals surface area contributed by atoms with Crippen LogP contribution in [0.2, 0.25) is 0 Å². The molecule has 1 heterocycles. The molecular weight excluding hydrogens is 260 g/mol. The number of hydrogen-bond acceptors (Lipinski definition) is 4. The fourth-order valence-corrected chi connectivity index (χ4v) is 2.26. The minimum atomic E-state index is -0.860. The Morgan fingerprint density at radius 1 is 1.55 bits per heavy atom. The van der Waals surface area contributed by atoms with Crippen LogP contribution >= 0.6 is 0 Å². The first kappa shape index (κ1) is 16.7. The van der Waals surface area contributed by atoms with E-state index in [1.54, 1.807) is 11.9 Å². The van der Waals surface area contributed by atoms with Crippen molar-refractivity contribution in [3.05, 3.63) is 12.7 Å². The topological polar surface area (TPSA) is 70.1 Å². The Morgan fingerprint density at radius 2 is 2.30 bits per heavy atom. The zero-order chi connectivity index (χ0) is 15.0. The van der Waals surface area contributed by atoms with Gasteiger partial charge >= 0.3 is 5.97 Å². The van der Waals surface area contributed by atoms with E-state index in [9.17, 15) is 9.59 Å². The van der Waals surface area contributed by atoms with Gasteiger partial charge in [-0.15, -0.1) is 6.58 Å². The first-order chi connectivity index (χ1) is 9.52. The second-order valence-corrected chi connectivity index (χ2v) is 5.10. The standard InChI is InChI=1S/C14H24N2O4/c1-3-4-5-6-13(17)16-7-8-20-12(10-16)9-15(2)11-14(18)19/h3,12H,1,4-11H2,2H3,(H,18,19). The fraction of sp³-hybridized carbons (Fsp3) is 0.714. The quantitative estimate of drug-likeness (QED) is 0.522. The summed E-state index contributed by atoms with van der Waals surface area (Å²) in [6.45, 7) is 5.80. The number of nitrogens with zero attached hydrogens (tertiary/aromatic N) is 2. The Kier molecular flexibility index (Phi) is 7.25. The van der Waals surface area contributed by atoms with Gasteiger partial charge in [-0.1, -0.05) is 6.08 Å². The largest absolute Gasteiger partial charge is 0.480 e. The van der Waals surface area contributed by atoms with Crippen molar-refractivity contribution in [2.75, 3.05) is 39.8 Å². The third-order valence-electron chi connectivity index (χ3n) is 3.21. The van der Waals surface area contributed by atoms with E-state index in [1.165, 1.54) is 0 Å². The molecule has 0 aliphatic carbocycles. The van der Waals surface area contributed by atoms with Gasteiger partial charge in [-0.05, 0) is 19.9 Å². The van der Waals surface area contributed by atoms with Gasteiger partial charge in [-0.25, -0.2) is 0 Å². The molecule has 0 aromatic rings. The summed E-state index contributed by atoms with van der Waals surface area (Å²) in [5.74, 6) is -0.721. The van der Waals surface area contributed by atoms with Gasteiger partial charge < -0.3 is 14.7 Å². The summed E-state index contributed by atoms with van der Waals surface area (Å²) < 4.78 is 5.59. The molecule has 114 valence electrons. The Balaban J connectivity index is 2.35. The highest BCUT2D eigenvalue weighted by atomic mass is 16.5. The van der Waals surface area contributed by atoms with Crippen molar-refractivity contribution in [2.45, 2.75) is 25.4 Å². The number of ether oxygens (including phenoxy) is 1. The van der Waals surface area contributed by atoms with Gasteiger partial charge in [0.15, 0.2) is 0 Å². The third kappa shape index (κ3) is 6.16. The molecule has 0 aromatic heterocycles.